The Morgan fingerprint density at radius 3 is 2.73 bits per heavy atom. The molecule has 0 unspecified atom stereocenters. The quantitative estimate of drug-likeness (QED) is 0.384. The number of aromatic nitrogens is 2. The number of halogens is 3. The van der Waals surface area contributed by atoms with E-state index in [1.54, 1.807) is 13.0 Å². The van der Waals surface area contributed by atoms with Gasteiger partial charge in [-0.1, -0.05) is 23.2 Å². The van der Waals surface area contributed by atoms with Crippen molar-refractivity contribution in [3.63, 3.8) is 0 Å². The van der Waals surface area contributed by atoms with Crippen LogP contribution in [0.3, 0.4) is 0 Å². The third kappa shape index (κ3) is 4.40. The summed E-state index contributed by atoms with van der Waals surface area (Å²) < 4.78 is 8.96. The third-order valence-electron chi connectivity index (χ3n) is 4.20. The van der Waals surface area contributed by atoms with Crippen molar-refractivity contribution in [1.82, 2.24) is 4.57 Å². The first-order chi connectivity index (χ1) is 12.0. The van der Waals surface area contributed by atoms with Gasteiger partial charge in [0.05, 0.1) is 29.6 Å². The second-order valence-electron chi connectivity index (χ2n) is 5.96. The van der Waals surface area contributed by atoms with Gasteiger partial charge in [0, 0.05) is 5.56 Å². The number of fused-ring (bicyclic) bond motifs is 1. The molecule has 2 heterocycles. The molecule has 1 aliphatic heterocycles. The predicted molar refractivity (Wildman–Crippen MR) is 94.7 cm³/mol. The molecule has 0 bridgehead atoms. The van der Waals surface area contributed by atoms with E-state index in [1.807, 2.05) is 22.9 Å². The highest BCUT2D eigenvalue weighted by Crippen LogP contribution is 2.30. The Hall–Kier alpha value is -1.56. The average molecular weight is 418 g/mol. The fourth-order valence-electron chi connectivity index (χ4n) is 3.15. The zero-order valence-electron chi connectivity index (χ0n) is 14.3. The minimum Gasteiger partial charge on any atom is -1.00 e. The van der Waals surface area contributed by atoms with Crippen LogP contribution in [0, 0.1) is 0 Å². The number of esters is 1. The molecular formula is C18H19Cl3N2O3. The van der Waals surface area contributed by atoms with Gasteiger partial charge in [-0.3, -0.25) is 9.59 Å². The van der Waals surface area contributed by atoms with Gasteiger partial charge in [0.1, 0.15) is 19.2 Å². The lowest BCUT2D eigenvalue weighted by molar-refractivity contribution is -0.690. The first-order valence-electron chi connectivity index (χ1n) is 8.24. The molecule has 8 heteroatoms. The molecule has 0 aliphatic carbocycles. The Morgan fingerprint density at radius 2 is 2.04 bits per heavy atom. The smallest absolute Gasteiger partial charge is 0.313 e. The molecule has 140 valence electrons. The molecule has 0 N–H and O–H groups in total. The molecule has 0 radical (unpaired) electrons. The molecule has 0 atom stereocenters. The van der Waals surface area contributed by atoms with Crippen LogP contribution < -0.4 is 17.0 Å². The van der Waals surface area contributed by atoms with E-state index in [2.05, 4.69) is 4.57 Å². The van der Waals surface area contributed by atoms with E-state index in [1.165, 1.54) is 0 Å². The minimum absolute atomic E-state index is 0. The average Bonchev–Trinajstić information content (AvgIpc) is 3.14. The van der Waals surface area contributed by atoms with Gasteiger partial charge < -0.3 is 17.1 Å². The van der Waals surface area contributed by atoms with Gasteiger partial charge in [-0.25, -0.2) is 9.13 Å². The van der Waals surface area contributed by atoms with Gasteiger partial charge in [-0.2, -0.15) is 0 Å². The van der Waals surface area contributed by atoms with Gasteiger partial charge >= 0.3 is 5.97 Å². The van der Waals surface area contributed by atoms with E-state index in [4.69, 9.17) is 27.9 Å². The Morgan fingerprint density at radius 1 is 1.27 bits per heavy atom. The van der Waals surface area contributed by atoms with Gasteiger partial charge in [-0.15, -0.1) is 0 Å². The fourth-order valence-corrected chi connectivity index (χ4v) is 3.45. The number of hydrogen-bond acceptors (Lipinski definition) is 3. The number of imidazole rings is 1. The molecule has 2 aromatic rings. The predicted octanol–water partition coefficient (Wildman–Crippen LogP) is 0.222. The molecule has 0 saturated carbocycles. The maximum absolute atomic E-state index is 12.2. The van der Waals surface area contributed by atoms with Crippen LogP contribution in [-0.4, -0.2) is 22.9 Å². The normalized spacial score (nSPS) is 12.4. The lowest BCUT2D eigenvalue weighted by Gasteiger charge is -2.01. The van der Waals surface area contributed by atoms with Crippen LogP contribution in [0.15, 0.2) is 24.4 Å². The zero-order chi connectivity index (χ0) is 18.0. The summed E-state index contributed by atoms with van der Waals surface area (Å²) in [4.78, 5) is 23.7. The molecule has 26 heavy (non-hydrogen) atoms. The lowest BCUT2D eigenvalue weighted by atomic mass is 10.1. The number of hydrogen-bond donors (Lipinski definition) is 0. The third-order valence-corrected chi connectivity index (χ3v) is 4.94. The van der Waals surface area contributed by atoms with E-state index in [0.717, 1.165) is 36.5 Å². The van der Waals surface area contributed by atoms with Crippen molar-refractivity contribution in [3.05, 3.63) is 40.3 Å². The van der Waals surface area contributed by atoms with Gasteiger partial charge in [-0.05, 0) is 31.5 Å². The first kappa shape index (κ1) is 20.7. The molecule has 1 aliphatic rings. The molecule has 3 rings (SSSR count). The van der Waals surface area contributed by atoms with Crippen molar-refractivity contribution in [2.45, 2.75) is 39.3 Å². The van der Waals surface area contributed by atoms with Gasteiger partial charge in [0.2, 0.25) is 0 Å². The van der Waals surface area contributed by atoms with Crippen LogP contribution in [0.2, 0.25) is 10.0 Å². The van der Waals surface area contributed by atoms with Gasteiger partial charge in [0.25, 0.3) is 5.82 Å². The van der Waals surface area contributed by atoms with Crippen molar-refractivity contribution in [1.29, 1.82) is 0 Å². The summed E-state index contributed by atoms with van der Waals surface area (Å²) in [6, 6.07) is 5.51. The van der Waals surface area contributed by atoms with Crippen LogP contribution in [0.5, 0.6) is 0 Å². The number of carbonyl (C=O) groups is 2. The monoisotopic (exact) mass is 416 g/mol. The topological polar surface area (TPSA) is 52.2 Å². The second kappa shape index (κ2) is 8.89. The van der Waals surface area contributed by atoms with Crippen molar-refractivity contribution in [2.75, 3.05) is 6.61 Å². The molecule has 0 amide bonds. The fraction of sp³-hybridized carbons (Fsp3) is 0.389. The van der Waals surface area contributed by atoms with Crippen molar-refractivity contribution >= 4 is 35.0 Å². The highest BCUT2D eigenvalue weighted by molar-refractivity contribution is 6.42. The number of benzene rings is 1. The number of ketones is 1. The highest BCUT2D eigenvalue weighted by atomic mass is 35.5. The molecule has 1 aromatic carbocycles. The Bertz CT molecular complexity index is 833. The summed E-state index contributed by atoms with van der Waals surface area (Å²) in [5.41, 5.74) is 1.95. The summed E-state index contributed by atoms with van der Waals surface area (Å²) in [7, 11) is 0. The summed E-state index contributed by atoms with van der Waals surface area (Å²) in [5, 5.41) is 1.01. The number of rotatable bonds is 6. The summed E-state index contributed by atoms with van der Waals surface area (Å²) in [6.45, 7) is 3.06. The largest absolute Gasteiger partial charge is 1.00 e. The summed E-state index contributed by atoms with van der Waals surface area (Å²) in [6.07, 6.45) is 3.66. The number of carbonyl (C=O) groups excluding carboxylic acids is 2. The van der Waals surface area contributed by atoms with Crippen LogP contribution in [0.1, 0.15) is 25.6 Å². The second-order valence-corrected chi connectivity index (χ2v) is 6.78. The van der Waals surface area contributed by atoms with Crippen LogP contribution in [0.25, 0.3) is 11.3 Å². The number of nitrogens with zero attached hydrogens (tertiary/aromatic N) is 2. The van der Waals surface area contributed by atoms with Gasteiger partial charge in [0.15, 0.2) is 11.5 Å². The molecule has 5 nitrogen and oxygen atoms in total. The zero-order valence-corrected chi connectivity index (χ0v) is 16.6. The summed E-state index contributed by atoms with van der Waals surface area (Å²) >= 11 is 12.1. The van der Waals surface area contributed by atoms with Crippen molar-refractivity contribution in [2.24, 2.45) is 0 Å². The number of ether oxygens (including phenoxy) is 1. The Kier molecular flexibility index (Phi) is 7.09. The van der Waals surface area contributed by atoms with E-state index >= 15 is 0 Å². The van der Waals surface area contributed by atoms with E-state index in [9.17, 15) is 9.59 Å². The SMILES string of the molecule is CCOC(=O)CC(=O)C[n+]1cc(-c2ccc(Cl)c(Cl)c2)n2c1CCC2.[Cl-]. The standard InChI is InChI=1S/C18H19Cl2N2O3.ClH/c1-2-25-18(24)9-13(23)10-21-11-16(22-7-3-4-17(21)22)12-5-6-14(19)15(20)8-12;/h5-6,8,11H,2-4,7,9-10H2,1H3;1H/q+1;/p-1. The van der Waals surface area contributed by atoms with Crippen LogP contribution in [-0.2, 0) is 33.8 Å². The maximum Gasteiger partial charge on any atom is 0.313 e. The van der Waals surface area contributed by atoms with Crippen molar-refractivity contribution < 1.29 is 31.3 Å². The molecule has 0 spiro atoms. The highest BCUT2D eigenvalue weighted by Gasteiger charge is 2.30. The molecule has 0 saturated heterocycles. The minimum atomic E-state index is -0.478. The first-order valence-corrected chi connectivity index (χ1v) is 8.99. The Balaban J connectivity index is 0.00000243. The van der Waals surface area contributed by atoms with E-state index < -0.39 is 5.97 Å². The molecular weight excluding hydrogens is 399 g/mol. The van der Waals surface area contributed by atoms with E-state index in [-0.39, 0.29) is 37.8 Å². The lowest BCUT2D eigenvalue weighted by Crippen LogP contribution is -3.00. The Labute approximate surface area is 168 Å². The molecule has 1 aromatic heterocycles. The van der Waals surface area contributed by atoms with Crippen molar-refractivity contribution in [3.8, 4) is 11.3 Å². The maximum atomic E-state index is 12.2. The van der Waals surface area contributed by atoms with E-state index in [0.29, 0.717) is 10.0 Å². The molecule has 0 fully saturated rings. The number of Topliss-reactive ketones (excluding diaryl/α,β-unsaturated/α-hetero) is 1. The van der Waals surface area contributed by atoms with Crippen LogP contribution >= 0.6 is 23.2 Å². The van der Waals surface area contributed by atoms with Crippen LogP contribution in [0.4, 0.5) is 0 Å². The summed E-state index contributed by atoms with van der Waals surface area (Å²) in [5.74, 6) is 0.441.